The van der Waals surface area contributed by atoms with Crippen molar-refractivity contribution in [2.45, 2.75) is 47.9 Å². The maximum absolute atomic E-state index is 12.8. The lowest BCUT2D eigenvalue weighted by atomic mass is 10.1. The van der Waals surface area contributed by atoms with E-state index in [2.05, 4.69) is 5.32 Å². The van der Waals surface area contributed by atoms with Crippen LogP contribution in [0, 0.1) is 5.82 Å². The lowest BCUT2D eigenvalue weighted by Gasteiger charge is -2.28. The fourth-order valence-electron chi connectivity index (χ4n) is 2.81. The molecule has 0 amide bonds. The van der Waals surface area contributed by atoms with Crippen LogP contribution in [0.2, 0.25) is 0 Å². The van der Waals surface area contributed by atoms with Gasteiger partial charge in [0.2, 0.25) is 0 Å². The van der Waals surface area contributed by atoms with E-state index < -0.39 is 0 Å². The van der Waals surface area contributed by atoms with Gasteiger partial charge in [-0.15, -0.1) is 11.8 Å². The molecule has 3 rings (SSSR count). The van der Waals surface area contributed by atoms with Gasteiger partial charge >= 0.3 is 0 Å². The second kappa shape index (κ2) is 4.38. The molecule has 2 aliphatic rings. The Morgan fingerprint density at radius 2 is 1.69 bits per heavy atom. The van der Waals surface area contributed by atoms with E-state index in [1.165, 1.54) is 30.6 Å². The molecule has 0 aliphatic carbocycles. The average molecular weight is 237 g/mol. The smallest absolute Gasteiger partial charge is 0.123 e. The second-order valence-electron chi connectivity index (χ2n) is 4.80. The Labute approximate surface area is 99.8 Å². The van der Waals surface area contributed by atoms with Gasteiger partial charge in [-0.05, 0) is 49.9 Å². The number of nitrogens with one attached hydrogen (secondary N) is 1. The molecular formula is C13H16FNS. The highest BCUT2D eigenvalue weighted by atomic mass is 32.2. The third-order valence-corrected chi connectivity index (χ3v) is 4.81. The van der Waals surface area contributed by atoms with Gasteiger partial charge in [0.1, 0.15) is 5.82 Å². The van der Waals surface area contributed by atoms with Gasteiger partial charge in [0.15, 0.2) is 0 Å². The zero-order chi connectivity index (χ0) is 11.0. The molecule has 0 spiro atoms. The summed E-state index contributed by atoms with van der Waals surface area (Å²) in [6, 6.07) is 8.36. The first kappa shape index (κ1) is 10.6. The van der Waals surface area contributed by atoms with Crippen molar-refractivity contribution in [1.82, 2.24) is 5.32 Å². The Morgan fingerprint density at radius 3 is 2.31 bits per heavy atom. The highest BCUT2D eigenvalue weighted by Crippen LogP contribution is 2.36. The predicted molar refractivity (Wildman–Crippen MR) is 65.2 cm³/mol. The van der Waals surface area contributed by atoms with Crippen molar-refractivity contribution in [3.63, 3.8) is 0 Å². The number of benzene rings is 1. The standard InChI is InChI=1S/C13H16FNS/c14-9-1-5-12(6-2-9)16-13-7-10-3-4-11(8-13)15-10/h1-2,5-6,10-11,13,15H,3-4,7-8H2. The van der Waals surface area contributed by atoms with Gasteiger partial charge < -0.3 is 5.32 Å². The van der Waals surface area contributed by atoms with E-state index in [1.54, 1.807) is 12.1 Å². The van der Waals surface area contributed by atoms with Gasteiger partial charge in [0.05, 0.1) is 0 Å². The summed E-state index contributed by atoms with van der Waals surface area (Å²) in [4.78, 5) is 1.20. The first-order valence-electron chi connectivity index (χ1n) is 5.98. The molecule has 2 aliphatic heterocycles. The van der Waals surface area contributed by atoms with Crippen molar-refractivity contribution in [3.05, 3.63) is 30.1 Å². The number of halogens is 1. The summed E-state index contributed by atoms with van der Waals surface area (Å²) >= 11 is 1.91. The lowest BCUT2D eigenvalue weighted by molar-refractivity contribution is 0.415. The molecular weight excluding hydrogens is 221 g/mol. The Bertz CT molecular complexity index is 353. The normalized spacial score (nSPS) is 32.9. The van der Waals surface area contributed by atoms with Crippen LogP contribution in [0.5, 0.6) is 0 Å². The number of thioether (sulfide) groups is 1. The molecule has 2 fully saturated rings. The quantitative estimate of drug-likeness (QED) is 0.847. The molecule has 2 atom stereocenters. The van der Waals surface area contributed by atoms with Gasteiger partial charge in [0, 0.05) is 22.2 Å². The molecule has 86 valence electrons. The number of piperidine rings is 1. The zero-order valence-electron chi connectivity index (χ0n) is 9.16. The Kier molecular flexibility index (Phi) is 2.90. The van der Waals surface area contributed by atoms with E-state index in [0.29, 0.717) is 5.25 Å². The van der Waals surface area contributed by atoms with Crippen molar-refractivity contribution in [3.8, 4) is 0 Å². The minimum Gasteiger partial charge on any atom is -0.311 e. The molecule has 2 heterocycles. The van der Waals surface area contributed by atoms with Crippen molar-refractivity contribution in [2.24, 2.45) is 0 Å². The van der Waals surface area contributed by atoms with Crippen LogP contribution in [0.4, 0.5) is 4.39 Å². The second-order valence-corrected chi connectivity index (χ2v) is 6.18. The minimum absolute atomic E-state index is 0.144. The third-order valence-electron chi connectivity index (χ3n) is 3.55. The zero-order valence-corrected chi connectivity index (χ0v) is 9.97. The summed E-state index contributed by atoms with van der Waals surface area (Å²) in [7, 11) is 0. The number of rotatable bonds is 2. The van der Waals surface area contributed by atoms with Crippen LogP contribution in [0.3, 0.4) is 0 Å². The topological polar surface area (TPSA) is 12.0 Å². The van der Waals surface area contributed by atoms with E-state index in [9.17, 15) is 4.39 Å². The molecule has 2 bridgehead atoms. The molecule has 0 saturated carbocycles. The molecule has 16 heavy (non-hydrogen) atoms. The lowest BCUT2D eigenvalue weighted by Crippen LogP contribution is -2.39. The van der Waals surface area contributed by atoms with Gasteiger partial charge in [0.25, 0.3) is 0 Å². The van der Waals surface area contributed by atoms with Gasteiger partial charge in [-0.25, -0.2) is 4.39 Å². The molecule has 2 unspecified atom stereocenters. The van der Waals surface area contributed by atoms with Crippen LogP contribution < -0.4 is 5.32 Å². The molecule has 1 nitrogen and oxygen atoms in total. The summed E-state index contributed by atoms with van der Waals surface area (Å²) in [6.45, 7) is 0. The largest absolute Gasteiger partial charge is 0.311 e. The van der Waals surface area contributed by atoms with Crippen LogP contribution in [0.25, 0.3) is 0 Å². The van der Waals surface area contributed by atoms with Crippen LogP contribution >= 0.6 is 11.8 Å². The van der Waals surface area contributed by atoms with Crippen molar-refractivity contribution in [1.29, 1.82) is 0 Å². The third kappa shape index (κ3) is 2.25. The minimum atomic E-state index is -0.144. The summed E-state index contributed by atoms with van der Waals surface area (Å²) < 4.78 is 12.8. The molecule has 2 saturated heterocycles. The van der Waals surface area contributed by atoms with Crippen molar-refractivity contribution >= 4 is 11.8 Å². The van der Waals surface area contributed by atoms with E-state index in [1.807, 2.05) is 23.9 Å². The van der Waals surface area contributed by atoms with Gasteiger partial charge in [-0.2, -0.15) is 0 Å². The Hall–Kier alpha value is -0.540. The highest BCUT2D eigenvalue weighted by molar-refractivity contribution is 8.00. The summed E-state index contributed by atoms with van der Waals surface area (Å²) in [5, 5.41) is 4.35. The van der Waals surface area contributed by atoms with Crippen LogP contribution in [-0.4, -0.2) is 17.3 Å². The number of hydrogen-bond donors (Lipinski definition) is 1. The maximum atomic E-state index is 12.8. The number of hydrogen-bond acceptors (Lipinski definition) is 2. The first-order chi connectivity index (χ1) is 7.79. The highest BCUT2D eigenvalue weighted by Gasteiger charge is 2.33. The maximum Gasteiger partial charge on any atom is 0.123 e. The van der Waals surface area contributed by atoms with E-state index in [4.69, 9.17) is 0 Å². The molecule has 0 aromatic heterocycles. The van der Waals surface area contributed by atoms with Gasteiger partial charge in [-0.1, -0.05) is 0 Å². The Morgan fingerprint density at radius 1 is 1.06 bits per heavy atom. The van der Waals surface area contributed by atoms with E-state index in [-0.39, 0.29) is 5.82 Å². The van der Waals surface area contributed by atoms with E-state index in [0.717, 1.165) is 12.1 Å². The Balaban J connectivity index is 1.64. The van der Waals surface area contributed by atoms with Crippen LogP contribution in [0.15, 0.2) is 29.2 Å². The van der Waals surface area contributed by atoms with Crippen LogP contribution in [0.1, 0.15) is 25.7 Å². The molecule has 0 radical (unpaired) electrons. The van der Waals surface area contributed by atoms with Crippen molar-refractivity contribution in [2.75, 3.05) is 0 Å². The first-order valence-corrected chi connectivity index (χ1v) is 6.86. The summed E-state index contributed by atoms with van der Waals surface area (Å²) in [6.07, 6.45) is 5.20. The fourth-order valence-corrected chi connectivity index (χ4v) is 4.14. The summed E-state index contributed by atoms with van der Waals surface area (Å²) in [5.41, 5.74) is 0. The molecule has 1 aromatic carbocycles. The SMILES string of the molecule is Fc1ccc(SC2CC3CCC(C2)N3)cc1. The summed E-state index contributed by atoms with van der Waals surface area (Å²) in [5.74, 6) is -0.144. The monoisotopic (exact) mass is 237 g/mol. The van der Waals surface area contributed by atoms with E-state index >= 15 is 0 Å². The van der Waals surface area contributed by atoms with Crippen LogP contribution in [-0.2, 0) is 0 Å². The van der Waals surface area contributed by atoms with Crippen molar-refractivity contribution < 1.29 is 4.39 Å². The molecule has 1 aromatic rings. The fraction of sp³-hybridized carbons (Fsp3) is 0.538. The van der Waals surface area contributed by atoms with Gasteiger partial charge in [-0.3, -0.25) is 0 Å². The molecule has 3 heteroatoms. The average Bonchev–Trinajstić information content (AvgIpc) is 2.62. The predicted octanol–water partition coefficient (Wildman–Crippen LogP) is 3.20. The molecule has 1 N–H and O–H groups in total. The number of fused-ring (bicyclic) bond motifs is 2.